The summed E-state index contributed by atoms with van der Waals surface area (Å²) in [5.74, 6) is 2.05. The highest BCUT2D eigenvalue weighted by Gasteiger charge is 2.26. The van der Waals surface area contributed by atoms with Crippen molar-refractivity contribution in [1.29, 1.82) is 0 Å². The maximum atomic E-state index is 12.4. The molecule has 7 heteroatoms. The molecule has 0 radical (unpaired) electrons. The molecule has 0 aliphatic carbocycles. The molecule has 0 saturated carbocycles. The molecule has 1 unspecified atom stereocenters. The Bertz CT molecular complexity index is 539. The second-order valence-corrected chi connectivity index (χ2v) is 7.16. The molecule has 1 aliphatic heterocycles. The number of aliphatic hydroxyl groups excluding tert-OH is 1. The summed E-state index contributed by atoms with van der Waals surface area (Å²) >= 11 is 1.74. The summed E-state index contributed by atoms with van der Waals surface area (Å²) < 4.78 is 32.5. The first-order valence-corrected chi connectivity index (χ1v) is 8.58. The Morgan fingerprint density at radius 2 is 2.32 bits per heavy atom. The van der Waals surface area contributed by atoms with Gasteiger partial charge in [-0.1, -0.05) is 6.07 Å². The highest BCUT2D eigenvalue weighted by atomic mass is 32.2. The van der Waals surface area contributed by atoms with Crippen LogP contribution >= 0.6 is 11.8 Å². The van der Waals surface area contributed by atoms with Gasteiger partial charge in [-0.15, -0.1) is 0 Å². The predicted molar refractivity (Wildman–Crippen MR) is 75.0 cm³/mol. The Hall–Kier alpha value is -0.760. The van der Waals surface area contributed by atoms with E-state index in [4.69, 9.17) is 9.84 Å². The smallest absolute Gasteiger partial charge is 0.244 e. The lowest BCUT2D eigenvalue weighted by Gasteiger charge is -2.15. The van der Waals surface area contributed by atoms with Crippen molar-refractivity contribution >= 4 is 21.8 Å². The maximum absolute atomic E-state index is 12.4. The van der Waals surface area contributed by atoms with Gasteiger partial charge >= 0.3 is 0 Å². The molecule has 0 bridgehead atoms. The van der Waals surface area contributed by atoms with Crippen LogP contribution in [0.25, 0.3) is 0 Å². The second kappa shape index (κ2) is 6.13. The number of sulfonamides is 1. The van der Waals surface area contributed by atoms with E-state index in [2.05, 4.69) is 4.72 Å². The van der Waals surface area contributed by atoms with Gasteiger partial charge in [0.1, 0.15) is 10.6 Å². The molecule has 1 aliphatic rings. The molecule has 19 heavy (non-hydrogen) atoms. The fourth-order valence-corrected chi connectivity index (χ4v) is 4.69. The van der Waals surface area contributed by atoms with Gasteiger partial charge in [-0.05, 0) is 29.9 Å². The van der Waals surface area contributed by atoms with Gasteiger partial charge in [0, 0.05) is 11.8 Å². The molecule has 1 fully saturated rings. The Labute approximate surface area is 117 Å². The average molecular weight is 303 g/mol. The number of benzene rings is 1. The zero-order valence-electron chi connectivity index (χ0n) is 10.6. The minimum Gasteiger partial charge on any atom is -0.495 e. The summed E-state index contributed by atoms with van der Waals surface area (Å²) in [6.07, 6.45) is 0.839. The third-order valence-electron chi connectivity index (χ3n) is 2.95. The van der Waals surface area contributed by atoms with Crippen LogP contribution in [0.1, 0.15) is 12.0 Å². The molecule has 2 N–H and O–H groups in total. The number of hydrogen-bond donors (Lipinski definition) is 2. The number of hydrogen-bond acceptors (Lipinski definition) is 5. The number of rotatable bonds is 5. The monoisotopic (exact) mass is 303 g/mol. The molecule has 0 spiro atoms. The van der Waals surface area contributed by atoms with Gasteiger partial charge in [-0.2, -0.15) is 11.8 Å². The van der Waals surface area contributed by atoms with Crippen LogP contribution in [0.4, 0.5) is 0 Å². The summed E-state index contributed by atoms with van der Waals surface area (Å²) in [5, 5.41) is 9.12. The number of aliphatic hydroxyl groups is 1. The molecule has 1 aromatic carbocycles. The number of thioether (sulfide) groups is 1. The number of ether oxygens (including phenoxy) is 1. The van der Waals surface area contributed by atoms with Crippen LogP contribution in [0.5, 0.6) is 5.75 Å². The second-order valence-electron chi connectivity index (χ2n) is 4.33. The minimum atomic E-state index is -3.62. The van der Waals surface area contributed by atoms with Gasteiger partial charge in [0.25, 0.3) is 0 Å². The minimum absolute atomic E-state index is 0.0301. The van der Waals surface area contributed by atoms with Crippen LogP contribution in [-0.4, -0.2) is 38.2 Å². The lowest BCUT2D eigenvalue weighted by atomic mass is 10.2. The largest absolute Gasteiger partial charge is 0.495 e. The van der Waals surface area contributed by atoms with E-state index in [-0.39, 0.29) is 23.3 Å². The average Bonchev–Trinajstić information content (AvgIpc) is 2.90. The highest BCUT2D eigenvalue weighted by Crippen LogP contribution is 2.26. The molecular formula is C12H17NO4S2. The van der Waals surface area contributed by atoms with E-state index in [9.17, 15) is 8.42 Å². The third-order valence-corrected chi connectivity index (χ3v) is 5.66. The maximum Gasteiger partial charge on any atom is 0.244 e. The van der Waals surface area contributed by atoms with Crippen molar-refractivity contribution in [2.75, 3.05) is 18.6 Å². The highest BCUT2D eigenvalue weighted by molar-refractivity contribution is 7.99. The molecule has 1 heterocycles. The van der Waals surface area contributed by atoms with E-state index in [1.165, 1.54) is 13.2 Å². The summed E-state index contributed by atoms with van der Waals surface area (Å²) in [5.41, 5.74) is 0.543. The first-order valence-electron chi connectivity index (χ1n) is 5.94. The van der Waals surface area contributed by atoms with Crippen molar-refractivity contribution in [3.8, 4) is 5.75 Å². The van der Waals surface area contributed by atoms with E-state index in [0.29, 0.717) is 5.56 Å². The van der Waals surface area contributed by atoms with Crippen molar-refractivity contribution in [2.24, 2.45) is 0 Å². The molecule has 1 atom stereocenters. The lowest BCUT2D eigenvalue weighted by Crippen LogP contribution is -2.34. The lowest BCUT2D eigenvalue weighted by molar-refractivity contribution is 0.281. The van der Waals surface area contributed by atoms with Crippen LogP contribution in [0.2, 0.25) is 0 Å². The Balaban J connectivity index is 2.32. The van der Waals surface area contributed by atoms with Crippen molar-refractivity contribution in [3.63, 3.8) is 0 Å². The van der Waals surface area contributed by atoms with Crippen molar-refractivity contribution in [2.45, 2.75) is 24.0 Å². The SMILES string of the molecule is COc1ccc(CO)cc1S(=O)(=O)NC1CCSC1. The van der Waals surface area contributed by atoms with Crippen molar-refractivity contribution in [3.05, 3.63) is 23.8 Å². The van der Waals surface area contributed by atoms with Crippen LogP contribution in [0.15, 0.2) is 23.1 Å². The fraction of sp³-hybridized carbons (Fsp3) is 0.500. The van der Waals surface area contributed by atoms with E-state index in [1.807, 2.05) is 0 Å². The van der Waals surface area contributed by atoms with Gasteiger partial charge in [0.05, 0.1) is 13.7 Å². The van der Waals surface area contributed by atoms with E-state index < -0.39 is 10.0 Å². The van der Waals surface area contributed by atoms with E-state index in [1.54, 1.807) is 23.9 Å². The Kier molecular flexibility index (Phi) is 4.72. The van der Waals surface area contributed by atoms with Crippen LogP contribution in [0.3, 0.4) is 0 Å². The standard InChI is InChI=1S/C12H17NO4S2/c1-17-11-3-2-9(7-14)6-12(11)19(15,16)13-10-4-5-18-8-10/h2-3,6,10,13-14H,4-5,7-8H2,1H3. The van der Waals surface area contributed by atoms with Gasteiger partial charge < -0.3 is 9.84 Å². The summed E-state index contributed by atoms with van der Waals surface area (Å²) in [6.45, 7) is -0.203. The topological polar surface area (TPSA) is 75.6 Å². The summed E-state index contributed by atoms with van der Waals surface area (Å²) in [4.78, 5) is 0.0819. The van der Waals surface area contributed by atoms with Crippen LogP contribution in [0, 0.1) is 0 Å². The predicted octanol–water partition coefficient (Wildman–Crippen LogP) is 0.971. The van der Waals surface area contributed by atoms with Crippen molar-refractivity contribution < 1.29 is 18.3 Å². The molecular weight excluding hydrogens is 286 g/mol. The van der Waals surface area contributed by atoms with Gasteiger partial charge in [-0.3, -0.25) is 0 Å². The fourth-order valence-electron chi connectivity index (χ4n) is 1.94. The summed E-state index contributed by atoms with van der Waals surface area (Å²) in [7, 11) is -2.19. The van der Waals surface area contributed by atoms with Gasteiger partial charge in [0.15, 0.2) is 0 Å². The number of nitrogens with one attached hydrogen (secondary N) is 1. The zero-order valence-corrected chi connectivity index (χ0v) is 12.3. The molecule has 2 rings (SSSR count). The molecule has 1 aromatic rings. The Morgan fingerprint density at radius 1 is 1.53 bits per heavy atom. The quantitative estimate of drug-likeness (QED) is 0.848. The first-order chi connectivity index (χ1) is 9.06. The summed E-state index contributed by atoms with van der Waals surface area (Å²) in [6, 6.07) is 4.62. The van der Waals surface area contributed by atoms with Crippen molar-refractivity contribution in [1.82, 2.24) is 4.72 Å². The molecule has 106 valence electrons. The molecule has 0 amide bonds. The van der Waals surface area contributed by atoms with Gasteiger partial charge in [-0.25, -0.2) is 13.1 Å². The normalized spacial score (nSPS) is 19.6. The van der Waals surface area contributed by atoms with E-state index in [0.717, 1.165) is 17.9 Å². The first kappa shape index (κ1) is 14.6. The molecule has 1 saturated heterocycles. The molecule has 5 nitrogen and oxygen atoms in total. The van der Waals surface area contributed by atoms with Crippen LogP contribution < -0.4 is 9.46 Å². The third kappa shape index (κ3) is 3.42. The number of methoxy groups -OCH3 is 1. The zero-order chi connectivity index (χ0) is 13.9. The van der Waals surface area contributed by atoms with E-state index >= 15 is 0 Å². The Morgan fingerprint density at radius 3 is 2.89 bits per heavy atom. The van der Waals surface area contributed by atoms with Crippen LogP contribution in [-0.2, 0) is 16.6 Å². The van der Waals surface area contributed by atoms with Gasteiger partial charge in [0.2, 0.25) is 10.0 Å². The molecule has 0 aromatic heterocycles.